The summed E-state index contributed by atoms with van der Waals surface area (Å²) in [4.78, 5) is 4.27. The quantitative estimate of drug-likeness (QED) is 0.823. The van der Waals surface area contributed by atoms with Gasteiger partial charge in [0.2, 0.25) is 0 Å². The Hall–Kier alpha value is -0.620. The van der Waals surface area contributed by atoms with Crippen molar-refractivity contribution >= 4 is 39.1 Å². The molecule has 0 aliphatic rings. The first-order valence-electron chi connectivity index (χ1n) is 3.74. The monoisotopic (exact) mass is 302 g/mol. The highest BCUT2D eigenvalue weighted by atomic mass is 127. The van der Waals surface area contributed by atoms with Gasteiger partial charge in [-0.15, -0.1) is 0 Å². The SMILES string of the molecule is Nc1nc(-c2ccccc2)c(I)s1. The van der Waals surface area contributed by atoms with Gasteiger partial charge in [-0.3, -0.25) is 0 Å². The minimum atomic E-state index is 0.628. The molecular weight excluding hydrogens is 295 g/mol. The highest BCUT2D eigenvalue weighted by Gasteiger charge is 2.07. The van der Waals surface area contributed by atoms with Crippen molar-refractivity contribution in [2.45, 2.75) is 0 Å². The number of anilines is 1. The number of hydrogen-bond acceptors (Lipinski definition) is 3. The molecule has 1 aromatic carbocycles. The average Bonchev–Trinajstić information content (AvgIpc) is 2.47. The lowest BCUT2D eigenvalue weighted by molar-refractivity contribution is 1.40. The maximum absolute atomic E-state index is 5.62. The summed E-state index contributed by atoms with van der Waals surface area (Å²) in [5.74, 6) is 0. The Morgan fingerprint density at radius 1 is 1.23 bits per heavy atom. The van der Waals surface area contributed by atoms with Crippen LogP contribution in [0.25, 0.3) is 11.3 Å². The van der Waals surface area contributed by atoms with E-state index in [1.807, 2.05) is 30.3 Å². The molecule has 0 radical (unpaired) electrons. The van der Waals surface area contributed by atoms with Crippen LogP contribution in [0.15, 0.2) is 30.3 Å². The van der Waals surface area contributed by atoms with Crippen molar-refractivity contribution in [3.8, 4) is 11.3 Å². The zero-order valence-corrected chi connectivity index (χ0v) is 9.67. The Kier molecular flexibility index (Phi) is 2.50. The molecule has 2 N–H and O–H groups in total. The summed E-state index contributed by atoms with van der Waals surface area (Å²) in [6.45, 7) is 0. The molecule has 1 heterocycles. The molecule has 0 fully saturated rings. The van der Waals surface area contributed by atoms with Crippen LogP contribution in [-0.4, -0.2) is 4.98 Å². The third kappa shape index (κ3) is 1.83. The van der Waals surface area contributed by atoms with Crippen molar-refractivity contribution in [1.82, 2.24) is 4.98 Å². The van der Waals surface area contributed by atoms with Gasteiger partial charge in [0.05, 0.1) is 8.58 Å². The number of rotatable bonds is 1. The van der Waals surface area contributed by atoms with Crippen LogP contribution in [0.2, 0.25) is 0 Å². The third-order valence-corrected chi connectivity index (χ3v) is 3.49. The van der Waals surface area contributed by atoms with Crippen molar-refractivity contribution in [3.63, 3.8) is 0 Å². The summed E-state index contributed by atoms with van der Waals surface area (Å²) in [5.41, 5.74) is 7.73. The zero-order chi connectivity index (χ0) is 9.26. The van der Waals surface area contributed by atoms with Crippen LogP contribution in [0.4, 0.5) is 5.13 Å². The lowest BCUT2D eigenvalue weighted by Gasteiger charge is -1.95. The second-order valence-electron chi connectivity index (χ2n) is 2.54. The van der Waals surface area contributed by atoms with Gasteiger partial charge in [0, 0.05) is 5.56 Å². The number of aromatic nitrogens is 1. The first-order valence-corrected chi connectivity index (χ1v) is 5.64. The van der Waals surface area contributed by atoms with Gasteiger partial charge in [-0.1, -0.05) is 41.7 Å². The van der Waals surface area contributed by atoms with Crippen molar-refractivity contribution in [1.29, 1.82) is 0 Å². The van der Waals surface area contributed by atoms with Crippen LogP contribution in [0, 0.1) is 2.88 Å². The van der Waals surface area contributed by atoms with E-state index in [0.717, 1.165) is 14.1 Å². The normalized spacial score (nSPS) is 10.2. The van der Waals surface area contributed by atoms with E-state index in [0.29, 0.717) is 5.13 Å². The lowest BCUT2D eigenvalue weighted by atomic mass is 10.2. The topological polar surface area (TPSA) is 38.9 Å². The fraction of sp³-hybridized carbons (Fsp3) is 0. The zero-order valence-electron chi connectivity index (χ0n) is 6.70. The molecule has 66 valence electrons. The van der Waals surface area contributed by atoms with Gasteiger partial charge in [0.25, 0.3) is 0 Å². The highest BCUT2D eigenvalue weighted by Crippen LogP contribution is 2.30. The second kappa shape index (κ2) is 3.63. The molecule has 1 aromatic heterocycles. The number of halogens is 1. The van der Waals surface area contributed by atoms with E-state index < -0.39 is 0 Å². The summed E-state index contributed by atoms with van der Waals surface area (Å²) in [6, 6.07) is 10.1. The molecule has 13 heavy (non-hydrogen) atoms. The predicted molar refractivity (Wildman–Crippen MR) is 64.7 cm³/mol. The number of hydrogen-bond donors (Lipinski definition) is 1. The Balaban J connectivity index is 2.53. The first kappa shape index (κ1) is 8.96. The van der Waals surface area contributed by atoms with Crippen LogP contribution < -0.4 is 5.73 Å². The molecule has 0 saturated heterocycles. The summed E-state index contributed by atoms with van der Waals surface area (Å²) in [7, 11) is 0. The molecule has 0 saturated carbocycles. The third-order valence-electron chi connectivity index (χ3n) is 1.65. The van der Waals surface area contributed by atoms with Gasteiger partial charge in [0.15, 0.2) is 5.13 Å². The number of nitrogen functional groups attached to an aromatic ring is 1. The van der Waals surface area contributed by atoms with E-state index >= 15 is 0 Å². The van der Waals surface area contributed by atoms with Crippen molar-refractivity contribution < 1.29 is 0 Å². The Bertz CT molecular complexity index is 411. The largest absolute Gasteiger partial charge is 0.375 e. The smallest absolute Gasteiger partial charge is 0.181 e. The molecule has 0 unspecified atom stereocenters. The van der Waals surface area contributed by atoms with Crippen molar-refractivity contribution in [3.05, 3.63) is 33.2 Å². The van der Waals surface area contributed by atoms with Crippen molar-refractivity contribution in [2.24, 2.45) is 0 Å². The second-order valence-corrected chi connectivity index (χ2v) is 5.38. The van der Waals surface area contributed by atoms with Gasteiger partial charge in [0.1, 0.15) is 0 Å². The van der Waals surface area contributed by atoms with E-state index in [1.165, 1.54) is 11.3 Å². The molecule has 0 amide bonds. The number of nitrogens with zero attached hydrogens (tertiary/aromatic N) is 1. The van der Waals surface area contributed by atoms with Crippen LogP contribution in [0.3, 0.4) is 0 Å². The van der Waals surface area contributed by atoms with Gasteiger partial charge in [-0.25, -0.2) is 4.98 Å². The fourth-order valence-electron chi connectivity index (χ4n) is 1.09. The van der Waals surface area contributed by atoms with E-state index in [9.17, 15) is 0 Å². The van der Waals surface area contributed by atoms with Gasteiger partial charge in [-0.05, 0) is 22.6 Å². The van der Waals surface area contributed by atoms with Gasteiger partial charge in [-0.2, -0.15) is 0 Å². The maximum Gasteiger partial charge on any atom is 0.181 e. The minimum Gasteiger partial charge on any atom is -0.375 e. The molecule has 0 aliphatic heterocycles. The summed E-state index contributed by atoms with van der Waals surface area (Å²) >= 11 is 3.78. The molecule has 4 heteroatoms. The molecule has 2 rings (SSSR count). The van der Waals surface area contributed by atoms with Gasteiger partial charge < -0.3 is 5.73 Å². The number of benzene rings is 1. The molecule has 2 nitrogen and oxygen atoms in total. The van der Waals surface area contributed by atoms with Gasteiger partial charge >= 0.3 is 0 Å². The summed E-state index contributed by atoms with van der Waals surface area (Å²) in [6.07, 6.45) is 0. The van der Waals surface area contributed by atoms with Crippen LogP contribution >= 0.6 is 33.9 Å². The highest BCUT2D eigenvalue weighted by molar-refractivity contribution is 14.1. The molecular formula is C9H7IN2S. The van der Waals surface area contributed by atoms with Crippen molar-refractivity contribution in [2.75, 3.05) is 5.73 Å². The van der Waals surface area contributed by atoms with E-state index in [4.69, 9.17) is 5.73 Å². The van der Waals surface area contributed by atoms with Crippen LogP contribution in [0.1, 0.15) is 0 Å². The molecule has 0 aliphatic carbocycles. The predicted octanol–water partition coefficient (Wildman–Crippen LogP) is 3.00. The maximum atomic E-state index is 5.62. The minimum absolute atomic E-state index is 0.628. The average molecular weight is 302 g/mol. The number of thiazole rings is 1. The van der Waals surface area contributed by atoms with E-state index in [-0.39, 0.29) is 0 Å². The fourth-order valence-corrected chi connectivity index (χ4v) is 2.78. The molecule has 0 bridgehead atoms. The standard InChI is InChI=1S/C9H7IN2S/c10-8-7(12-9(11)13-8)6-4-2-1-3-5-6/h1-5H,(H2,11,12). The summed E-state index contributed by atoms with van der Waals surface area (Å²) < 4.78 is 1.14. The Labute approximate surface area is 94.0 Å². The molecule has 2 aromatic rings. The molecule has 0 atom stereocenters. The Morgan fingerprint density at radius 2 is 1.92 bits per heavy atom. The first-order chi connectivity index (χ1) is 6.27. The molecule has 0 spiro atoms. The Morgan fingerprint density at radius 3 is 2.46 bits per heavy atom. The van der Waals surface area contributed by atoms with E-state index in [2.05, 4.69) is 27.6 Å². The lowest BCUT2D eigenvalue weighted by Crippen LogP contribution is -1.83. The summed E-state index contributed by atoms with van der Waals surface area (Å²) in [5, 5.41) is 0.628. The van der Waals surface area contributed by atoms with Crippen LogP contribution in [0.5, 0.6) is 0 Å². The van der Waals surface area contributed by atoms with E-state index in [1.54, 1.807) is 0 Å². The number of nitrogens with two attached hydrogens (primary N) is 1. The van der Waals surface area contributed by atoms with Crippen LogP contribution in [-0.2, 0) is 0 Å².